The van der Waals surface area contributed by atoms with Gasteiger partial charge in [0.25, 0.3) is 0 Å². The molecule has 1 aromatic carbocycles. The molecule has 7 heteroatoms. The third-order valence-corrected chi connectivity index (χ3v) is 3.99. The predicted octanol–water partition coefficient (Wildman–Crippen LogP) is 1.90. The molecule has 0 atom stereocenters. The summed E-state index contributed by atoms with van der Waals surface area (Å²) >= 11 is 1.15. The lowest BCUT2D eigenvalue weighted by atomic mass is 10.2. The minimum absolute atomic E-state index is 0.311. The van der Waals surface area contributed by atoms with E-state index in [1.807, 2.05) is 19.9 Å². The number of nitrogens with zero attached hydrogens (tertiary/aromatic N) is 2. The Bertz CT molecular complexity index is 650. The second-order valence-corrected chi connectivity index (χ2v) is 5.71. The van der Waals surface area contributed by atoms with Crippen molar-refractivity contribution in [3.63, 3.8) is 0 Å². The van der Waals surface area contributed by atoms with Gasteiger partial charge in [-0.15, -0.1) is 5.10 Å². The molecule has 0 radical (unpaired) electrons. The molecule has 1 aromatic heterocycles. The summed E-state index contributed by atoms with van der Waals surface area (Å²) in [6, 6.07) is 5.27. The maximum Gasteiger partial charge on any atom is 0.343 e. The molecule has 0 saturated carbocycles. The van der Waals surface area contributed by atoms with Crippen molar-refractivity contribution in [3.8, 4) is 0 Å². The SMILES string of the molecule is CC(C)NCc1cccc(F)c1Sc1n[nH]c(=O)n1C. The number of benzene rings is 1. The number of hydrogen-bond donors (Lipinski definition) is 2. The van der Waals surface area contributed by atoms with Gasteiger partial charge in [0, 0.05) is 19.6 Å². The Morgan fingerprint density at radius 2 is 2.25 bits per heavy atom. The fourth-order valence-electron chi connectivity index (χ4n) is 1.64. The van der Waals surface area contributed by atoms with Gasteiger partial charge in [0.05, 0.1) is 4.90 Å². The molecule has 1 heterocycles. The van der Waals surface area contributed by atoms with Gasteiger partial charge in [0.2, 0.25) is 0 Å². The average molecular weight is 296 g/mol. The standard InChI is InChI=1S/C13H17FN4OS/c1-8(2)15-7-9-5-4-6-10(14)11(9)20-13-17-16-12(19)18(13)3/h4-6,8,15H,7H2,1-3H3,(H,16,19). The molecule has 0 bridgehead atoms. The summed E-state index contributed by atoms with van der Waals surface area (Å²) in [6.07, 6.45) is 0. The quantitative estimate of drug-likeness (QED) is 0.884. The molecule has 5 nitrogen and oxygen atoms in total. The van der Waals surface area contributed by atoms with E-state index >= 15 is 0 Å². The van der Waals surface area contributed by atoms with E-state index in [1.54, 1.807) is 13.1 Å². The third kappa shape index (κ3) is 3.29. The smallest absolute Gasteiger partial charge is 0.310 e. The lowest BCUT2D eigenvalue weighted by Gasteiger charge is -2.12. The molecule has 2 rings (SSSR count). The maximum absolute atomic E-state index is 14.0. The van der Waals surface area contributed by atoms with Crippen LogP contribution in [0, 0.1) is 5.82 Å². The van der Waals surface area contributed by atoms with Crippen LogP contribution in [-0.2, 0) is 13.6 Å². The number of hydrogen-bond acceptors (Lipinski definition) is 4. The summed E-state index contributed by atoms with van der Waals surface area (Å²) in [6.45, 7) is 4.63. The van der Waals surface area contributed by atoms with Crippen LogP contribution in [0.15, 0.2) is 33.0 Å². The van der Waals surface area contributed by atoms with Crippen LogP contribution in [0.25, 0.3) is 0 Å². The first kappa shape index (κ1) is 14.8. The van der Waals surface area contributed by atoms with E-state index in [2.05, 4.69) is 15.5 Å². The maximum atomic E-state index is 14.0. The molecular formula is C13H17FN4OS. The van der Waals surface area contributed by atoms with Crippen molar-refractivity contribution in [2.75, 3.05) is 0 Å². The summed E-state index contributed by atoms with van der Waals surface area (Å²) < 4.78 is 15.4. The molecule has 2 aromatic rings. The molecule has 108 valence electrons. The van der Waals surface area contributed by atoms with Crippen molar-refractivity contribution in [2.24, 2.45) is 7.05 Å². The number of aromatic nitrogens is 3. The van der Waals surface area contributed by atoms with E-state index in [0.29, 0.717) is 22.6 Å². The highest BCUT2D eigenvalue weighted by Gasteiger charge is 2.14. The molecule has 0 amide bonds. The van der Waals surface area contributed by atoms with Gasteiger partial charge in [-0.3, -0.25) is 4.57 Å². The van der Waals surface area contributed by atoms with Crippen LogP contribution in [0.1, 0.15) is 19.4 Å². The largest absolute Gasteiger partial charge is 0.343 e. The molecule has 0 aliphatic heterocycles. The molecular weight excluding hydrogens is 279 g/mol. The summed E-state index contributed by atoms with van der Waals surface area (Å²) in [5.41, 5.74) is 0.532. The molecule has 0 spiro atoms. The first-order valence-corrected chi connectivity index (χ1v) is 7.10. The first-order valence-electron chi connectivity index (χ1n) is 6.29. The topological polar surface area (TPSA) is 62.7 Å². The minimum atomic E-state index is -0.314. The van der Waals surface area contributed by atoms with Crippen LogP contribution < -0.4 is 11.0 Å². The van der Waals surface area contributed by atoms with E-state index in [-0.39, 0.29) is 11.5 Å². The Kier molecular flexibility index (Phi) is 4.61. The van der Waals surface area contributed by atoms with Gasteiger partial charge in [0.15, 0.2) is 5.16 Å². The molecule has 0 aliphatic carbocycles. The zero-order chi connectivity index (χ0) is 14.7. The molecule has 0 fully saturated rings. The summed E-state index contributed by atoms with van der Waals surface area (Å²) in [7, 11) is 1.60. The van der Waals surface area contributed by atoms with Gasteiger partial charge in [-0.05, 0) is 23.4 Å². The van der Waals surface area contributed by atoms with E-state index in [0.717, 1.165) is 17.3 Å². The van der Waals surface area contributed by atoms with Crippen LogP contribution in [0.2, 0.25) is 0 Å². The molecule has 0 saturated heterocycles. The number of H-pyrrole nitrogens is 1. The van der Waals surface area contributed by atoms with Crippen LogP contribution in [0.4, 0.5) is 4.39 Å². The van der Waals surface area contributed by atoms with Crippen LogP contribution in [0.5, 0.6) is 0 Å². The van der Waals surface area contributed by atoms with Crippen molar-refractivity contribution in [1.29, 1.82) is 0 Å². The molecule has 0 aliphatic rings. The van der Waals surface area contributed by atoms with Crippen molar-refractivity contribution in [2.45, 2.75) is 36.5 Å². The molecule has 0 unspecified atom stereocenters. The Hall–Kier alpha value is -1.60. The Balaban J connectivity index is 2.30. The van der Waals surface area contributed by atoms with Gasteiger partial charge in [-0.1, -0.05) is 26.0 Å². The van der Waals surface area contributed by atoms with Crippen LogP contribution >= 0.6 is 11.8 Å². The third-order valence-electron chi connectivity index (χ3n) is 2.78. The highest BCUT2D eigenvalue weighted by Crippen LogP contribution is 2.30. The van der Waals surface area contributed by atoms with Crippen LogP contribution in [0.3, 0.4) is 0 Å². The highest BCUT2D eigenvalue weighted by molar-refractivity contribution is 7.99. The average Bonchev–Trinajstić information content (AvgIpc) is 2.71. The van der Waals surface area contributed by atoms with E-state index in [9.17, 15) is 9.18 Å². The van der Waals surface area contributed by atoms with E-state index < -0.39 is 0 Å². The lowest BCUT2D eigenvalue weighted by Crippen LogP contribution is -2.22. The van der Waals surface area contributed by atoms with Crippen molar-refractivity contribution < 1.29 is 4.39 Å². The fraction of sp³-hybridized carbons (Fsp3) is 0.385. The van der Waals surface area contributed by atoms with E-state index in [1.165, 1.54) is 10.6 Å². The summed E-state index contributed by atoms with van der Waals surface area (Å²) in [5.74, 6) is -0.312. The van der Waals surface area contributed by atoms with E-state index in [4.69, 9.17) is 0 Å². The second kappa shape index (κ2) is 6.23. The molecule has 2 N–H and O–H groups in total. The van der Waals surface area contributed by atoms with Crippen LogP contribution in [-0.4, -0.2) is 20.8 Å². The van der Waals surface area contributed by atoms with Gasteiger partial charge in [-0.2, -0.15) is 0 Å². The summed E-state index contributed by atoms with van der Waals surface area (Å²) in [5, 5.41) is 9.93. The Morgan fingerprint density at radius 3 is 2.85 bits per heavy atom. The lowest BCUT2D eigenvalue weighted by molar-refractivity contribution is 0.564. The number of rotatable bonds is 5. The van der Waals surface area contributed by atoms with Gasteiger partial charge >= 0.3 is 5.69 Å². The minimum Gasteiger partial charge on any atom is -0.310 e. The number of nitrogens with one attached hydrogen (secondary N) is 2. The van der Waals surface area contributed by atoms with Crippen molar-refractivity contribution in [3.05, 3.63) is 40.1 Å². The Labute approximate surface area is 120 Å². The zero-order valence-electron chi connectivity index (χ0n) is 11.6. The highest BCUT2D eigenvalue weighted by atomic mass is 32.2. The predicted molar refractivity (Wildman–Crippen MR) is 76.3 cm³/mol. The van der Waals surface area contributed by atoms with Crippen molar-refractivity contribution in [1.82, 2.24) is 20.1 Å². The number of aromatic amines is 1. The second-order valence-electron chi connectivity index (χ2n) is 4.74. The van der Waals surface area contributed by atoms with Gasteiger partial charge < -0.3 is 5.32 Å². The van der Waals surface area contributed by atoms with Gasteiger partial charge in [-0.25, -0.2) is 14.3 Å². The zero-order valence-corrected chi connectivity index (χ0v) is 12.4. The Morgan fingerprint density at radius 1 is 1.50 bits per heavy atom. The first-order chi connectivity index (χ1) is 9.49. The monoisotopic (exact) mass is 296 g/mol. The fourth-order valence-corrected chi connectivity index (χ4v) is 2.57. The normalized spacial score (nSPS) is 11.2. The van der Waals surface area contributed by atoms with Gasteiger partial charge in [0.1, 0.15) is 5.82 Å². The number of halogens is 1. The molecule has 20 heavy (non-hydrogen) atoms. The van der Waals surface area contributed by atoms with Crippen molar-refractivity contribution >= 4 is 11.8 Å². The summed E-state index contributed by atoms with van der Waals surface area (Å²) in [4.78, 5) is 11.8.